The molecule has 1 fully saturated rings. The zero-order valence-corrected chi connectivity index (χ0v) is 11.7. The van der Waals surface area contributed by atoms with Crippen LogP contribution >= 0.6 is 12.2 Å². The number of thiocarbonyl (C=S) groups is 1. The molecule has 1 aromatic heterocycles. The summed E-state index contributed by atoms with van der Waals surface area (Å²) in [5, 5.41) is 4.12. The number of piperazine rings is 1. The number of aromatic nitrogens is 2. The third-order valence-electron chi connectivity index (χ3n) is 2.81. The predicted molar refractivity (Wildman–Crippen MR) is 76.7 cm³/mol. The van der Waals surface area contributed by atoms with Crippen molar-refractivity contribution in [2.24, 2.45) is 0 Å². The summed E-state index contributed by atoms with van der Waals surface area (Å²) in [6, 6.07) is 2.22. The summed E-state index contributed by atoms with van der Waals surface area (Å²) in [4.78, 5) is 12.9. The Balaban J connectivity index is 1.87. The standard InChI is InChI=1S/C12H19N5S/c1-10(2)15-12(18)17-8-6-16(7-9-17)11-13-4-3-5-14-11/h3-5,10H,6-9H2,1-2H3,(H,15,18). The van der Waals surface area contributed by atoms with Crippen LogP contribution < -0.4 is 10.2 Å². The molecule has 0 aliphatic carbocycles. The van der Waals surface area contributed by atoms with Crippen molar-refractivity contribution in [1.82, 2.24) is 20.2 Å². The molecule has 0 bridgehead atoms. The first-order chi connectivity index (χ1) is 8.66. The Morgan fingerprint density at radius 3 is 2.39 bits per heavy atom. The van der Waals surface area contributed by atoms with Crippen molar-refractivity contribution in [2.75, 3.05) is 31.1 Å². The molecule has 6 heteroatoms. The van der Waals surface area contributed by atoms with Crippen LogP contribution in [0, 0.1) is 0 Å². The van der Waals surface area contributed by atoms with E-state index in [1.807, 2.05) is 6.07 Å². The molecule has 0 saturated carbocycles. The number of nitrogens with zero attached hydrogens (tertiary/aromatic N) is 4. The van der Waals surface area contributed by atoms with Gasteiger partial charge in [0.1, 0.15) is 0 Å². The quantitative estimate of drug-likeness (QED) is 0.801. The molecule has 0 aromatic carbocycles. The fourth-order valence-corrected chi connectivity index (χ4v) is 2.32. The highest BCUT2D eigenvalue weighted by atomic mass is 32.1. The third-order valence-corrected chi connectivity index (χ3v) is 3.19. The van der Waals surface area contributed by atoms with Crippen molar-refractivity contribution in [3.63, 3.8) is 0 Å². The Kier molecular flexibility index (Phi) is 4.30. The van der Waals surface area contributed by atoms with E-state index in [4.69, 9.17) is 12.2 Å². The maximum absolute atomic E-state index is 5.37. The van der Waals surface area contributed by atoms with E-state index < -0.39 is 0 Å². The van der Waals surface area contributed by atoms with Gasteiger partial charge in [0.15, 0.2) is 5.11 Å². The average molecular weight is 265 g/mol. The second-order valence-corrected chi connectivity index (χ2v) is 5.01. The zero-order valence-electron chi connectivity index (χ0n) is 10.8. The Morgan fingerprint density at radius 2 is 1.83 bits per heavy atom. The van der Waals surface area contributed by atoms with Crippen LogP contribution in [0.1, 0.15) is 13.8 Å². The van der Waals surface area contributed by atoms with Gasteiger partial charge in [-0.2, -0.15) is 0 Å². The molecule has 5 nitrogen and oxygen atoms in total. The highest BCUT2D eigenvalue weighted by Gasteiger charge is 2.20. The monoisotopic (exact) mass is 265 g/mol. The van der Waals surface area contributed by atoms with E-state index in [1.165, 1.54) is 0 Å². The molecule has 1 N–H and O–H groups in total. The van der Waals surface area contributed by atoms with Gasteiger partial charge in [0, 0.05) is 44.6 Å². The topological polar surface area (TPSA) is 44.3 Å². The molecular formula is C12H19N5S. The van der Waals surface area contributed by atoms with Gasteiger partial charge in [-0.25, -0.2) is 9.97 Å². The van der Waals surface area contributed by atoms with Crippen LogP contribution in [0.4, 0.5) is 5.95 Å². The molecule has 18 heavy (non-hydrogen) atoms. The molecule has 1 aliphatic rings. The van der Waals surface area contributed by atoms with Gasteiger partial charge >= 0.3 is 0 Å². The van der Waals surface area contributed by atoms with Gasteiger partial charge in [-0.05, 0) is 32.1 Å². The summed E-state index contributed by atoms with van der Waals surface area (Å²) >= 11 is 5.37. The van der Waals surface area contributed by atoms with Gasteiger partial charge in [0.2, 0.25) is 5.95 Å². The Labute approximate surface area is 113 Å². The van der Waals surface area contributed by atoms with E-state index in [9.17, 15) is 0 Å². The number of hydrogen-bond donors (Lipinski definition) is 1. The van der Waals surface area contributed by atoms with Gasteiger partial charge in [0.25, 0.3) is 0 Å². The first-order valence-electron chi connectivity index (χ1n) is 6.24. The number of hydrogen-bond acceptors (Lipinski definition) is 4. The van der Waals surface area contributed by atoms with E-state index in [2.05, 4.69) is 38.9 Å². The maximum atomic E-state index is 5.37. The molecule has 0 radical (unpaired) electrons. The molecule has 2 rings (SSSR count). The summed E-state index contributed by atoms with van der Waals surface area (Å²) in [5.41, 5.74) is 0. The van der Waals surface area contributed by atoms with Crippen molar-refractivity contribution in [1.29, 1.82) is 0 Å². The van der Waals surface area contributed by atoms with E-state index in [-0.39, 0.29) is 0 Å². The van der Waals surface area contributed by atoms with Gasteiger partial charge < -0.3 is 15.1 Å². The fraction of sp³-hybridized carbons (Fsp3) is 0.583. The van der Waals surface area contributed by atoms with Crippen LogP contribution in [-0.4, -0.2) is 52.2 Å². The lowest BCUT2D eigenvalue weighted by molar-refractivity contribution is 0.374. The first kappa shape index (κ1) is 13.0. The smallest absolute Gasteiger partial charge is 0.225 e. The largest absolute Gasteiger partial charge is 0.360 e. The summed E-state index contributed by atoms with van der Waals surface area (Å²) in [5.74, 6) is 0.805. The SMILES string of the molecule is CC(C)NC(=S)N1CCN(c2ncccn2)CC1. The average Bonchev–Trinajstić information content (AvgIpc) is 2.39. The lowest BCUT2D eigenvalue weighted by Gasteiger charge is -2.36. The van der Waals surface area contributed by atoms with Crippen molar-refractivity contribution in [2.45, 2.75) is 19.9 Å². The fourth-order valence-electron chi connectivity index (χ4n) is 1.90. The molecule has 2 heterocycles. The van der Waals surface area contributed by atoms with Crippen LogP contribution in [0.2, 0.25) is 0 Å². The van der Waals surface area contributed by atoms with E-state index in [0.717, 1.165) is 37.2 Å². The minimum atomic E-state index is 0.382. The van der Waals surface area contributed by atoms with Crippen LogP contribution in [0.3, 0.4) is 0 Å². The first-order valence-corrected chi connectivity index (χ1v) is 6.65. The second kappa shape index (κ2) is 5.95. The third kappa shape index (κ3) is 3.29. The molecule has 0 unspecified atom stereocenters. The summed E-state index contributed by atoms with van der Waals surface area (Å²) in [6.45, 7) is 7.84. The van der Waals surface area contributed by atoms with Crippen molar-refractivity contribution in [3.05, 3.63) is 18.5 Å². The highest BCUT2D eigenvalue weighted by Crippen LogP contribution is 2.09. The molecule has 98 valence electrons. The highest BCUT2D eigenvalue weighted by molar-refractivity contribution is 7.80. The Hall–Kier alpha value is -1.43. The number of nitrogens with one attached hydrogen (secondary N) is 1. The number of anilines is 1. The molecule has 0 atom stereocenters. The van der Waals surface area contributed by atoms with E-state index in [0.29, 0.717) is 6.04 Å². The summed E-state index contributed by atoms with van der Waals surface area (Å²) in [7, 11) is 0. The lowest BCUT2D eigenvalue weighted by Crippen LogP contribution is -2.53. The summed E-state index contributed by atoms with van der Waals surface area (Å²) < 4.78 is 0. The zero-order chi connectivity index (χ0) is 13.0. The van der Waals surface area contributed by atoms with Crippen LogP contribution in [0.15, 0.2) is 18.5 Å². The molecule has 0 amide bonds. The molecule has 0 spiro atoms. The predicted octanol–water partition coefficient (Wildman–Crippen LogP) is 0.881. The molecule has 1 saturated heterocycles. The van der Waals surface area contributed by atoms with E-state index in [1.54, 1.807) is 12.4 Å². The Morgan fingerprint density at radius 1 is 1.22 bits per heavy atom. The number of rotatable bonds is 2. The van der Waals surface area contributed by atoms with Gasteiger partial charge in [-0.1, -0.05) is 0 Å². The maximum Gasteiger partial charge on any atom is 0.225 e. The Bertz CT molecular complexity index is 387. The molecule has 1 aliphatic heterocycles. The lowest BCUT2D eigenvalue weighted by atomic mass is 10.3. The normalized spacial score (nSPS) is 15.9. The molecular weight excluding hydrogens is 246 g/mol. The molecule has 1 aromatic rings. The van der Waals surface area contributed by atoms with Crippen LogP contribution in [0.25, 0.3) is 0 Å². The van der Waals surface area contributed by atoms with Crippen LogP contribution in [0.5, 0.6) is 0 Å². The van der Waals surface area contributed by atoms with Gasteiger partial charge in [-0.15, -0.1) is 0 Å². The second-order valence-electron chi connectivity index (χ2n) is 4.63. The minimum absolute atomic E-state index is 0.382. The van der Waals surface area contributed by atoms with Gasteiger partial charge in [-0.3, -0.25) is 0 Å². The van der Waals surface area contributed by atoms with E-state index >= 15 is 0 Å². The van der Waals surface area contributed by atoms with Crippen LogP contribution in [-0.2, 0) is 0 Å². The minimum Gasteiger partial charge on any atom is -0.360 e. The summed E-state index contributed by atoms with van der Waals surface area (Å²) in [6.07, 6.45) is 3.55. The van der Waals surface area contributed by atoms with Crippen molar-refractivity contribution in [3.8, 4) is 0 Å². The van der Waals surface area contributed by atoms with Crippen molar-refractivity contribution < 1.29 is 0 Å². The van der Waals surface area contributed by atoms with Gasteiger partial charge in [0.05, 0.1) is 0 Å². The van der Waals surface area contributed by atoms with Crippen molar-refractivity contribution >= 4 is 23.3 Å².